The fraction of sp³-hybridized carbons (Fsp3) is 0.409. The number of hydrogen-bond acceptors (Lipinski definition) is 4. The summed E-state index contributed by atoms with van der Waals surface area (Å²) in [6.07, 6.45) is 3.70. The number of hydrogen-bond donors (Lipinski definition) is 1. The molecule has 1 unspecified atom stereocenters. The quantitative estimate of drug-likeness (QED) is 0.748. The second-order valence-corrected chi connectivity index (χ2v) is 9.37. The van der Waals surface area contributed by atoms with E-state index >= 15 is 0 Å². The number of carbonyl (C=O) groups excluding carboxylic acids is 1. The highest BCUT2D eigenvalue weighted by atomic mass is 32.2. The minimum Gasteiger partial charge on any atom is -0.496 e. The number of benzene rings is 2. The van der Waals surface area contributed by atoms with Gasteiger partial charge in [-0.05, 0) is 55.7 Å². The monoisotopic (exact) mass is 434 g/mol. The molecule has 1 atom stereocenters. The summed E-state index contributed by atoms with van der Waals surface area (Å²) in [5.74, 6) is -0.532. The number of ether oxygens (including phenoxy) is 1. The molecule has 2 aromatic carbocycles. The lowest BCUT2D eigenvalue weighted by atomic mass is 10.1. The smallest absolute Gasteiger partial charge is 0.255 e. The molecule has 30 heavy (non-hydrogen) atoms. The van der Waals surface area contributed by atoms with E-state index in [4.69, 9.17) is 4.74 Å². The van der Waals surface area contributed by atoms with Crippen molar-refractivity contribution < 1.29 is 22.3 Å². The molecule has 0 spiro atoms. The number of halogens is 1. The van der Waals surface area contributed by atoms with Crippen LogP contribution in [0, 0.1) is 5.82 Å². The zero-order chi connectivity index (χ0) is 21.7. The van der Waals surface area contributed by atoms with Crippen molar-refractivity contribution in [2.45, 2.75) is 43.5 Å². The van der Waals surface area contributed by atoms with Crippen LogP contribution in [0.2, 0.25) is 0 Å². The van der Waals surface area contributed by atoms with Crippen molar-refractivity contribution in [3.05, 3.63) is 59.4 Å². The minimum atomic E-state index is -3.70. The summed E-state index contributed by atoms with van der Waals surface area (Å²) in [5.41, 5.74) is 0.874. The van der Waals surface area contributed by atoms with E-state index in [0.717, 1.165) is 31.2 Å². The fourth-order valence-corrected chi connectivity index (χ4v) is 5.11. The lowest BCUT2D eigenvalue weighted by Gasteiger charge is -2.21. The zero-order valence-corrected chi connectivity index (χ0v) is 18.0. The van der Waals surface area contributed by atoms with Gasteiger partial charge in [-0.2, -0.15) is 4.31 Å². The lowest BCUT2D eigenvalue weighted by molar-refractivity contribution is 0.0936. The molecule has 162 valence electrons. The van der Waals surface area contributed by atoms with Crippen LogP contribution in [0.25, 0.3) is 0 Å². The van der Waals surface area contributed by atoms with Crippen LogP contribution < -0.4 is 10.1 Å². The summed E-state index contributed by atoms with van der Waals surface area (Å²) >= 11 is 0. The fourth-order valence-electron chi connectivity index (χ4n) is 3.57. The Labute approximate surface area is 177 Å². The third-order valence-corrected chi connectivity index (χ3v) is 7.23. The lowest BCUT2D eigenvalue weighted by Crippen LogP contribution is -2.32. The normalized spacial score (nSPS) is 16.5. The Balaban J connectivity index is 1.86. The van der Waals surface area contributed by atoms with Crippen LogP contribution in [0.4, 0.5) is 4.39 Å². The second-order valence-electron chi connectivity index (χ2n) is 7.43. The maximum Gasteiger partial charge on any atom is 0.255 e. The number of amides is 1. The number of rotatable bonds is 6. The second kappa shape index (κ2) is 9.57. The highest BCUT2D eigenvalue weighted by Gasteiger charge is 2.27. The van der Waals surface area contributed by atoms with Gasteiger partial charge >= 0.3 is 0 Å². The molecule has 2 aromatic rings. The average molecular weight is 435 g/mol. The van der Waals surface area contributed by atoms with E-state index in [0.29, 0.717) is 13.1 Å². The first-order chi connectivity index (χ1) is 14.3. The molecule has 1 aliphatic rings. The van der Waals surface area contributed by atoms with Crippen molar-refractivity contribution in [3.63, 3.8) is 0 Å². The molecule has 6 nitrogen and oxygen atoms in total. The minimum absolute atomic E-state index is 0.0739. The molecule has 1 aliphatic heterocycles. The molecule has 0 aromatic heterocycles. The molecule has 0 aliphatic carbocycles. The first kappa shape index (κ1) is 22.2. The molecule has 0 bridgehead atoms. The van der Waals surface area contributed by atoms with Crippen LogP contribution in [-0.2, 0) is 10.0 Å². The van der Waals surface area contributed by atoms with E-state index in [1.54, 1.807) is 19.1 Å². The summed E-state index contributed by atoms with van der Waals surface area (Å²) in [5, 5.41) is 2.83. The van der Waals surface area contributed by atoms with Crippen LogP contribution in [0.3, 0.4) is 0 Å². The van der Waals surface area contributed by atoms with Crippen molar-refractivity contribution in [3.8, 4) is 5.75 Å². The molecule has 1 N–H and O–H groups in total. The number of nitrogens with one attached hydrogen (secondary N) is 1. The molecule has 1 fully saturated rings. The summed E-state index contributed by atoms with van der Waals surface area (Å²) < 4.78 is 46.1. The van der Waals surface area contributed by atoms with Crippen molar-refractivity contribution in [2.24, 2.45) is 0 Å². The molecule has 1 heterocycles. The van der Waals surface area contributed by atoms with E-state index in [1.807, 2.05) is 0 Å². The van der Waals surface area contributed by atoms with Gasteiger partial charge in [0.2, 0.25) is 10.0 Å². The van der Waals surface area contributed by atoms with Crippen molar-refractivity contribution >= 4 is 15.9 Å². The van der Waals surface area contributed by atoms with E-state index in [1.165, 1.54) is 41.7 Å². The van der Waals surface area contributed by atoms with E-state index in [9.17, 15) is 17.6 Å². The van der Waals surface area contributed by atoms with Gasteiger partial charge in [0.15, 0.2) is 0 Å². The van der Waals surface area contributed by atoms with Gasteiger partial charge < -0.3 is 10.1 Å². The molecule has 3 rings (SSSR count). The molecule has 8 heteroatoms. The Bertz CT molecular complexity index is 985. The Morgan fingerprint density at radius 2 is 1.70 bits per heavy atom. The van der Waals surface area contributed by atoms with Gasteiger partial charge in [-0.15, -0.1) is 0 Å². The standard InChI is InChI=1S/C22H27FN2O4S/c1-16(17-7-9-18(23)10-8-17)24-22(26)20-15-19(11-12-21(20)29-2)30(27,28)25-13-5-3-4-6-14-25/h7-12,15-16H,3-6,13-14H2,1-2H3,(H,24,26). The molecule has 0 saturated carbocycles. The molecule has 1 amide bonds. The Hall–Kier alpha value is -2.45. The van der Waals surface area contributed by atoms with Crippen molar-refractivity contribution in [1.29, 1.82) is 0 Å². The summed E-state index contributed by atoms with van der Waals surface area (Å²) in [4.78, 5) is 13.0. The van der Waals surface area contributed by atoms with Crippen LogP contribution in [0.15, 0.2) is 47.4 Å². The summed E-state index contributed by atoms with van der Waals surface area (Å²) in [6.45, 7) is 2.74. The van der Waals surface area contributed by atoms with Gasteiger partial charge in [0.1, 0.15) is 11.6 Å². The third-order valence-electron chi connectivity index (χ3n) is 5.34. The third kappa shape index (κ3) is 4.99. The highest BCUT2D eigenvalue weighted by Crippen LogP contribution is 2.27. The molecule has 0 radical (unpaired) electrons. The largest absolute Gasteiger partial charge is 0.496 e. The van der Waals surface area contributed by atoms with Gasteiger partial charge in [0.25, 0.3) is 5.91 Å². The first-order valence-electron chi connectivity index (χ1n) is 10.1. The van der Waals surface area contributed by atoms with Crippen LogP contribution in [0.5, 0.6) is 5.75 Å². The SMILES string of the molecule is COc1ccc(S(=O)(=O)N2CCCCCC2)cc1C(=O)NC(C)c1ccc(F)cc1. The average Bonchev–Trinajstić information content (AvgIpc) is 3.03. The van der Waals surface area contributed by atoms with E-state index < -0.39 is 22.0 Å². The number of carbonyl (C=O) groups is 1. The predicted octanol–water partition coefficient (Wildman–Crippen LogP) is 3.89. The number of nitrogens with zero attached hydrogens (tertiary/aromatic N) is 1. The number of sulfonamides is 1. The Morgan fingerprint density at radius 1 is 1.07 bits per heavy atom. The van der Waals surface area contributed by atoms with Gasteiger partial charge in [0, 0.05) is 13.1 Å². The Morgan fingerprint density at radius 3 is 2.30 bits per heavy atom. The van der Waals surface area contributed by atoms with Gasteiger partial charge in [0.05, 0.1) is 23.6 Å². The van der Waals surface area contributed by atoms with Crippen LogP contribution in [-0.4, -0.2) is 38.8 Å². The first-order valence-corrected chi connectivity index (χ1v) is 11.5. The van der Waals surface area contributed by atoms with Gasteiger partial charge in [-0.1, -0.05) is 25.0 Å². The summed E-state index contributed by atoms with van der Waals surface area (Å²) in [7, 11) is -2.27. The highest BCUT2D eigenvalue weighted by molar-refractivity contribution is 7.89. The zero-order valence-electron chi connectivity index (χ0n) is 17.2. The summed E-state index contributed by atoms with van der Waals surface area (Å²) in [6, 6.07) is 9.79. The topological polar surface area (TPSA) is 75.7 Å². The Kier molecular flexibility index (Phi) is 7.10. The van der Waals surface area contributed by atoms with Crippen LogP contribution in [0.1, 0.15) is 54.6 Å². The molecular weight excluding hydrogens is 407 g/mol. The van der Waals surface area contributed by atoms with Crippen molar-refractivity contribution in [2.75, 3.05) is 20.2 Å². The predicted molar refractivity (Wildman–Crippen MR) is 113 cm³/mol. The van der Waals surface area contributed by atoms with E-state index in [2.05, 4.69) is 5.32 Å². The molecule has 1 saturated heterocycles. The van der Waals surface area contributed by atoms with Gasteiger partial charge in [-0.25, -0.2) is 12.8 Å². The molecular formula is C22H27FN2O4S. The maximum absolute atomic E-state index is 13.1. The van der Waals surface area contributed by atoms with Crippen molar-refractivity contribution in [1.82, 2.24) is 9.62 Å². The maximum atomic E-state index is 13.1. The van der Waals surface area contributed by atoms with Crippen LogP contribution >= 0.6 is 0 Å². The van der Waals surface area contributed by atoms with E-state index in [-0.39, 0.29) is 22.0 Å². The van der Waals surface area contributed by atoms with Gasteiger partial charge in [-0.3, -0.25) is 4.79 Å². The number of methoxy groups -OCH3 is 1.